The van der Waals surface area contributed by atoms with Gasteiger partial charge in [-0.3, -0.25) is 4.90 Å². The van der Waals surface area contributed by atoms with Crippen LogP contribution in [-0.4, -0.2) is 16.9 Å². The number of fused-ring (bicyclic) bond motifs is 1. The molecule has 2 aromatic heterocycles. The molecular formula is C16H14Cl2N2S. The van der Waals surface area contributed by atoms with Crippen LogP contribution in [0.5, 0.6) is 0 Å². The van der Waals surface area contributed by atoms with Gasteiger partial charge in [-0.05, 0) is 31.3 Å². The van der Waals surface area contributed by atoms with Gasteiger partial charge < -0.3 is 0 Å². The van der Waals surface area contributed by atoms with E-state index < -0.39 is 0 Å². The van der Waals surface area contributed by atoms with E-state index in [9.17, 15) is 0 Å². The number of thiophene rings is 1. The highest BCUT2D eigenvalue weighted by molar-refractivity contribution is 7.16. The average Bonchev–Trinajstić information content (AvgIpc) is 2.85. The molecule has 21 heavy (non-hydrogen) atoms. The van der Waals surface area contributed by atoms with Crippen LogP contribution in [0.25, 0.3) is 10.9 Å². The lowest BCUT2D eigenvalue weighted by Crippen LogP contribution is -2.17. The van der Waals surface area contributed by atoms with Crippen molar-refractivity contribution >= 4 is 45.4 Å². The molecule has 0 aliphatic carbocycles. The van der Waals surface area contributed by atoms with E-state index in [2.05, 4.69) is 35.1 Å². The van der Waals surface area contributed by atoms with E-state index in [0.717, 1.165) is 33.9 Å². The van der Waals surface area contributed by atoms with Crippen molar-refractivity contribution in [3.05, 3.63) is 62.4 Å². The number of aromatic nitrogens is 1. The molecule has 1 aromatic carbocycles. The number of benzene rings is 1. The third-order valence-corrected chi connectivity index (χ3v) is 4.79. The second-order valence-corrected chi connectivity index (χ2v) is 7.17. The minimum atomic E-state index is 0.574. The molecule has 108 valence electrons. The molecule has 0 aliphatic heterocycles. The standard InChI is InChI=1S/C16H14Cl2N2S/c1-20(10-13-6-7-15(17)21-13)9-12-8-11-4-2-3-5-14(11)19-16(12)18/h2-8H,9-10H2,1H3. The van der Waals surface area contributed by atoms with Gasteiger partial charge in [0, 0.05) is 28.9 Å². The number of nitrogens with zero attached hydrogens (tertiary/aromatic N) is 2. The molecule has 3 aromatic rings. The van der Waals surface area contributed by atoms with E-state index in [1.807, 2.05) is 24.3 Å². The van der Waals surface area contributed by atoms with Crippen LogP contribution < -0.4 is 0 Å². The maximum atomic E-state index is 6.30. The van der Waals surface area contributed by atoms with E-state index in [1.54, 1.807) is 11.3 Å². The summed E-state index contributed by atoms with van der Waals surface area (Å²) in [5, 5.41) is 1.69. The zero-order valence-electron chi connectivity index (χ0n) is 11.5. The van der Waals surface area contributed by atoms with E-state index in [0.29, 0.717) is 5.15 Å². The van der Waals surface area contributed by atoms with Gasteiger partial charge in [-0.2, -0.15) is 0 Å². The van der Waals surface area contributed by atoms with Crippen LogP contribution >= 0.6 is 34.5 Å². The van der Waals surface area contributed by atoms with Crippen LogP contribution in [0.3, 0.4) is 0 Å². The fourth-order valence-corrected chi connectivity index (χ4v) is 3.67. The topological polar surface area (TPSA) is 16.1 Å². The Bertz CT molecular complexity index is 770. The molecule has 0 saturated carbocycles. The smallest absolute Gasteiger partial charge is 0.134 e. The summed E-state index contributed by atoms with van der Waals surface area (Å²) in [6.07, 6.45) is 0. The van der Waals surface area contributed by atoms with Crippen LogP contribution in [0.2, 0.25) is 9.49 Å². The minimum Gasteiger partial charge on any atom is -0.297 e. The fraction of sp³-hybridized carbons (Fsp3) is 0.188. The maximum absolute atomic E-state index is 6.30. The van der Waals surface area contributed by atoms with Crippen molar-refractivity contribution in [2.24, 2.45) is 0 Å². The summed E-state index contributed by atoms with van der Waals surface area (Å²) in [5.41, 5.74) is 1.97. The summed E-state index contributed by atoms with van der Waals surface area (Å²) in [5.74, 6) is 0. The summed E-state index contributed by atoms with van der Waals surface area (Å²) in [6.45, 7) is 1.60. The summed E-state index contributed by atoms with van der Waals surface area (Å²) >= 11 is 13.9. The number of para-hydroxylation sites is 1. The lowest BCUT2D eigenvalue weighted by Gasteiger charge is -2.16. The van der Waals surface area contributed by atoms with Gasteiger partial charge in [0.05, 0.1) is 9.85 Å². The van der Waals surface area contributed by atoms with Gasteiger partial charge in [0.1, 0.15) is 5.15 Å². The Morgan fingerprint density at radius 3 is 2.67 bits per heavy atom. The summed E-state index contributed by atoms with van der Waals surface area (Å²) in [4.78, 5) is 7.91. The second-order valence-electron chi connectivity index (χ2n) is 5.01. The number of pyridine rings is 1. The minimum absolute atomic E-state index is 0.574. The van der Waals surface area contributed by atoms with Crippen LogP contribution in [-0.2, 0) is 13.1 Å². The van der Waals surface area contributed by atoms with Crippen molar-refractivity contribution in [3.63, 3.8) is 0 Å². The van der Waals surface area contributed by atoms with Gasteiger partial charge in [0.25, 0.3) is 0 Å². The first kappa shape index (κ1) is 14.8. The number of hydrogen-bond acceptors (Lipinski definition) is 3. The largest absolute Gasteiger partial charge is 0.297 e. The van der Waals surface area contributed by atoms with Gasteiger partial charge in [-0.15, -0.1) is 11.3 Å². The zero-order valence-corrected chi connectivity index (χ0v) is 13.8. The molecule has 2 nitrogen and oxygen atoms in total. The molecule has 5 heteroatoms. The molecule has 0 aliphatic rings. The van der Waals surface area contributed by atoms with Crippen molar-refractivity contribution < 1.29 is 0 Å². The first-order valence-corrected chi connectivity index (χ1v) is 8.16. The van der Waals surface area contributed by atoms with Gasteiger partial charge in [-0.25, -0.2) is 4.98 Å². The predicted octanol–water partition coefficient (Wildman–Crippen LogP) is 5.24. The molecule has 0 bridgehead atoms. The molecule has 2 heterocycles. The molecule has 0 atom stereocenters. The normalized spacial score (nSPS) is 11.4. The molecule has 0 fully saturated rings. The number of hydrogen-bond donors (Lipinski definition) is 0. The molecule has 0 spiro atoms. The fourth-order valence-electron chi connectivity index (χ4n) is 2.30. The Kier molecular flexibility index (Phi) is 4.45. The molecule has 0 unspecified atom stereocenters. The molecular weight excluding hydrogens is 323 g/mol. The monoisotopic (exact) mass is 336 g/mol. The van der Waals surface area contributed by atoms with E-state index >= 15 is 0 Å². The first-order chi connectivity index (χ1) is 10.1. The van der Waals surface area contributed by atoms with Gasteiger partial charge >= 0.3 is 0 Å². The second kappa shape index (κ2) is 6.32. The highest BCUT2D eigenvalue weighted by atomic mass is 35.5. The van der Waals surface area contributed by atoms with E-state index in [4.69, 9.17) is 23.2 Å². The molecule has 0 radical (unpaired) electrons. The van der Waals surface area contributed by atoms with E-state index in [1.165, 1.54) is 4.88 Å². The van der Waals surface area contributed by atoms with E-state index in [-0.39, 0.29) is 0 Å². The average molecular weight is 337 g/mol. The van der Waals surface area contributed by atoms with Crippen molar-refractivity contribution in [1.29, 1.82) is 0 Å². The Balaban J connectivity index is 1.79. The van der Waals surface area contributed by atoms with Gasteiger partial charge in [0.2, 0.25) is 0 Å². The molecule has 0 N–H and O–H groups in total. The summed E-state index contributed by atoms with van der Waals surface area (Å²) in [6, 6.07) is 14.1. The summed E-state index contributed by atoms with van der Waals surface area (Å²) < 4.78 is 0.823. The van der Waals surface area contributed by atoms with Gasteiger partial charge in [-0.1, -0.05) is 41.4 Å². The van der Waals surface area contributed by atoms with Crippen molar-refractivity contribution in [3.8, 4) is 0 Å². The Hall–Kier alpha value is -1.13. The predicted molar refractivity (Wildman–Crippen MR) is 91.3 cm³/mol. The molecule has 0 saturated heterocycles. The van der Waals surface area contributed by atoms with Crippen LogP contribution in [0.15, 0.2) is 42.5 Å². The first-order valence-electron chi connectivity index (χ1n) is 6.59. The van der Waals surface area contributed by atoms with Crippen LogP contribution in [0.1, 0.15) is 10.4 Å². The highest BCUT2D eigenvalue weighted by Gasteiger charge is 2.09. The van der Waals surface area contributed by atoms with Crippen molar-refractivity contribution in [2.45, 2.75) is 13.1 Å². The molecule has 0 amide bonds. The van der Waals surface area contributed by atoms with Crippen LogP contribution in [0.4, 0.5) is 0 Å². The third-order valence-electron chi connectivity index (χ3n) is 3.24. The maximum Gasteiger partial charge on any atom is 0.134 e. The zero-order chi connectivity index (χ0) is 14.8. The third kappa shape index (κ3) is 3.55. The lowest BCUT2D eigenvalue weighted by molar-refractivity contribution is 0.322. The van der Waals surface area contributed by atoms with Crippen molar-refractivity contribution in [1.82, 2.24) is 9.88 Å². The van der Waals surface area contributed by atoms with Crippen molar-refractivity contribution in [2.75, 3.05) is 7.05 Å². The number of rotatable bonds is 4. The Morgan fingerprint density at radius 2 is 1.90 bits per heavy atom. The SMILES string of the molecule is CN(Cc1ccc(Cl)s1)Cc1cc2ccccc2nc1Cl. The number of halogens is 2. The lowest BCUT2D eigenvalue weighted by atomic mass is 10.1. The quantitative estimate of drug-likeness (QED) is 0.606. The van der Waals surface area contributed by atoms with Gasteiger partial charge in [0.15, 0.2) is 0 Å². The van der Waals surface area contributed by atoms with Crippen LogP contribution in [0, 0.1) is 0 Å². The Labute approximate surface area is 137 Å². The Morgan fingerprint density at radius 1 is 1.10 bits per heavy atom. The highest BCUT2D eigenvalue weighted by Crippen LogP contribution is 2.25. The molecule has 3 rings (SSSR count). The summed E-state index contributed by atoms with van der Waals surface area (Å²) in [7, 11) is 2.07.